The zero-order valence-electron chi connectivity index (χ0n) is 16.4. The van der Waals surface area contributed by atoms with Crippen molar-refractivity contribution >= 4 is 27.7 Å². The minimum absolute atomic E-state index is 0.0419. The van der Waals surface area contributed by atoms with Gasteiger partial charge in [0.2, 0.25) is 0 Å². The van der Waals surface area contributed by atoms with Crippen LogP contribution < -0.4 is 11.1 Å². The van der Waals surface area contributed by atoms with E-state index >= 15 is 0 Å². The molecule has 1 aromatic rings. The number of carbonyl (C=O) groups excluding carboxylic acids is 1. The maximum Gasteiger partial charge on any atom is 0.407 e. The van der Waals surface area contributed by atoms with Gasteiger partial charge in [0.1, 0.15) is 5.60 Å². The Hall–Kier alpha value is -1.25. The number of thioether (sulfide) groups is 1. The molecule has 0 saturated heterocycles. The maximum atomic E-state index is 12.9. The largest absolute Gasteiger partial charge is 0.444 e. The van der Waals surface area contributed by atoms with Gasteiger partial charge in [-0.1, -0.05) is 0 Å². The van der Waals surface area contributed by atoms with E-state index in [2.05, 4.69) is 5.32 Å². The molecular weight excluding hydrogens is 384 g/mol. The summed E-state index contributed by atoms with van der Waals surface area (Å²) < 4.78 is 31.1. The molecule has 1 aliphatic carbocycles. The summed E-state index contributed by atoms with van der Waals surface area (Å²) in [7, 11) is -3.47. The van der Waals surface area contributed by atoms with Gasteiger partial charge < -0.3 is 15.8 Å². The average Bonchev–Trinajstić information content (AvgIpc) is 2.55. The van der Waals surface area contributed by atoms with E-state index in [1.807, 2.05) is 6.26 Å². The summed E-state index contributed by atoms with van der Waals surface area (Å²) in [6, 6.07) is 6.57. The minimum Gasteiger partial charge on any atom is -0.444 e. The third-order valence-electron chi connectivity index (χ3n) is 4.58. The predicted molar refractivity (Wildman–Crippen MR) is 109 cm³/mol. The Morgan fingerprint density at radius 2 is 1.89 bits per heavy atom. The van der Waals surface area contributed by atoms with Crippen LogP contribution in [0.25, 0.3) is 0 Å². The van der Waals surface area contributed by atoms with Crippen molar-refractivity contribution in [1.29, 1.82) is 0 Å². The molecule has 1 aliphatic rings. The summed E-state index contributed by atoms with van der Waals surface area (Å²) in [6.07, 6.45) is 3.38. The number of benzene rings is 1. The molecule has 3 atom stereocenters. The van der Waals surface area contributed by atoms with Crippen molar-refractivity contribution in [3.63, 3.8) is 0 Å². The van der Waals surface area contributed by atoms with Crippen molar-refractivity contribution in [2.24, 2.45) is 11.7 Å². The highest BCUT2D eigenvalue weighted by Crippen LogP contribution is 2.28. The first-order valence-electron chi connectivity index (χ1n) is 9.12. The number of nitrogens with one attached hydrogen (secondary N) is 1. The third kappa shape index (κ3) is 6.69. The number of amides is 1. The molecule has 1 saturated carbocycles. The molecule has 0 radical (unpaired) electrons. The number of hydrogen-bond acceptors (Lipinski definition) is 6. The van der Waals surface area contributed by atoms with E-state index < -0.39 is 21.5 Å². The van der Waals surface area contributed by atoms with Crippen molar-refractivity contribution in [2.45, 2.75) is 67.5 Å². The van der Waals surface area contributed by atoms with Crippen LogP contribution in [-0.4, -0.2) is 44.2 Å². The van der Waals surface area contributed by atoms with Crippen LogP contribution in [0.1, 0.15) is 40.0 Å². The van der Waals surface area contributed by atoms with E-state index in [4.69, 9.17) is 10.5 Å². The molecule has 1 aromatic carbocycles. The summed E-state index contributed by atoms with van der Waals surface area (Å²) in [5.41, 5.74) is 5.47. The molecule has 3 N–H and O–H groups in total. The van der Waals surface area contributed by atoms with Crippen LogP contribution in [0, 0.1) is 5.92 Å². The maximum absolute atomic E-state index is 12.9. The van der Waals surface area contributed by atoms with Gasteiger partial charge in [-0.2, -0.15) is 0 Å². The molecule has 1 fully saturated rings. The van der Waals surface area contributed by atoms with Gasteiger partial charge in [-0.05, 0) is 76.5 Å². The highest BCUT2D eigenvalue weighted by Gasteiger charge is 2.34. The number of nitrogens with two attached hydrogens (primary N) is 1. The molecule has 0 heterocycles. The fourth-order valence-corrected chi connectivity index (χ4v) is 5.38. The Kier molecular flexibility index (Phi) is 7.21. The first kappa shape index (κ1) is 22.0. The molecule has 152 valence electrons. The van der Waals surface area contributed by atoms with Crippen LogP contribution in [0.3, 0.4) is 0 Å². The zero-order valence-corrected chi connectivity index (χ0v) is 18.0. The molecule has 0 bridgehead atoms. The number of alkyl carbamates (subject to hydrolysis) is 1. The summed E-state index contributed by atoms with van der Waals surface area (Å²) in [6.45, 7) is 5.39. The number of ether oxygens (including phenoxy) is 1. The number of hydrogen-bond donors (Lipinski definition) is 2. The van der Waals surface area contributed by atoms with Crippen LogP contribution in [0.15, 0.2) is 34.1 Å². The van der Waals surface area contributed by atoms with Crippen molar-refractivity contribution < 1.29 is 17.9 Å². The van der Waals surface area contributed by atoms with E-state index in [1.54, 1.807) is 56.8 Å². The quantitative estimate of drug-likeness (QED) is 0.718. The minimum atomic E-state index is -3.47. The second-order valence-electron chi connectivity index (χ2n) is 8.04. The van der Waals surface area contributed by atoms with Gasteiger partial charge in [-0.15, -0.1) is 11.8 Å². The molecule has 1 amide bonds. The van der Waals surface area contributed by atoms with Gasteiger partial charge in [0.15, 0.2) is 9.84 Å². The second kappa shape index (κ2) is 8.84. The predicted octanol–water partition coefficient (Wildman–Crippen LogP) is 3.20. The first-order valence-corrected chi connectivity index (χ1v) is 12.0. The molecule has 2 rings (SSSR count). The average molecular weight is 415 g/mol. The van der Waals surface area contributed by atoms with E-state index in [0.29, 0.717) is 17.7 Å². The fraction of sp³-hybridized carbons (Fsp3) is 0.632. The van der Waals surface area contributed by atoms with Crippen LogP contribution in [-0.2, 0) is 14.6 Å². The van der Waals surface area contributed by atoms with E-state index in [0.717, 1.165) is 11.3 Å². The van der Waals surface area contributed by atoms with Crippen LogP contribution in [0.2, 0.25) is 0 Å². The fourth-order valence-electron chi connectivity index (χ4n) is 3.29. The smallest absolute Gasteiger partial charge is 0.407 e. The Morgan fingerprint density at radius 1 is 1.26 bits per heavy atom. The topological polar surface area (TPSA) is 98.5 Å². The lowest BCUT2D eigenvalue weighted by molar-refractivity contribution is 0.0470. The molecule has 0 aromatic heterocycles. The SMILES string of the molecule is CSc1ccc(S(=O)(=O)CC2C[C@H](N)CCC2NC(=O)OC(C)(C)C)cc1. The van der Waals surface area contributed by atoms with E-state index in [-0.39, 0.29) is 23.8 Å². The summed E-state index contributed by atoms with van der Waals surface area (Å²) in [5, 5.41) is 2.85. The number of rotatable bonds is 5. The van der Waals surface area contributed by atoms with Crippen molar-refractivity contribution in [2.75, 3.05) is 12.0 Å². The van der Waals surface area contributed by atoms with Crippen molar-refractivity contribution in [3.05, 3.63) is 24.3 Å². The van der Waals surface area contributed by atoms with Crippen molar-refractivity contribution in [3.8, 4) is 0 Å². The van der Waals surface area contributed by atoms with Crippen molar-refractivity contribution in [1.82, 2.24) is 5.32 Å². The zero-order chi connectivity index (χ0) is 20.2. The lowest BCUT2D eigenvalue weighted by atomic mass is 9.83. The normalized spacial score (nSPS) is 23.7. The number of sulfone groups is 1. The highest BCUT2D eigenvalue weighted by atomic mass is 32.2. The Morgan fingerprint density at radius 3 is 2.44 bits per heavy atom. The molecule has 27 heavy (non-hydrogen) atoms. The standard InChI is InChI=1S/C19H30N2O4S2/c1-19(2,3)25-18(22)21-17-10-5-14(20)11-13(17)12-27(23,24)16-8-6-15(26-4)7-9-16/h6-9,13-14,17H,5,10-12,20H2,1-4H3,(H,21,22)/t13?,14-,17?/m1/s1. The molecule has 8 heteroatoms. The monoisotopic (exact) mass is 414 g/mol. The van der Waals surface area contributed by atoms with Gasteiger partial charge in [0.25, 0.3) is 0 Å². The van der Waals surface area contributed by atoms with Gasteiger partial charge in [0.05, 0.1) is 10.6 Å². The lowest BCUT2D eigenvalue weighted by Gasteiger charge is -2.35. The molecule has 0 aliphatic heterocycles. The molecule has 6 nitrogen and oxygen atoms in total. The number of carbonyl (C=O) groups is 1. The Balaban J connectivity index is 2.12. The summed E-state index contributed by atoms with van der Waals surface area (Å²) in [5.74, 6) is -0.286. The van der Waals surface area contributed by atoms with Gasteiger partial charge in [-0.25, -0.2) is 13.2 Å². The second-order valence-corrected chi connectivity index (χ2v) is 11.0. The van der Waals surface area contributed by atoms with Gasteiger partial charge in [-0.3, -0.25) is 0 Å². The summed E-state index contributed by atoms with van der Waals surface area (Å²) >= 11 is 1.56. The first-order chi connectivity index (χ1) is 12.5. The molecule has 0 spiro atoms. The molecule has 2 unspecified atom stereocenters. The molecular formula is C19H30N2O4S2. The lowest BCUT2D eigenvalue weighted by Crippen LogP contribution is -2.49. The van der Waals surface area contributed by atoms with Crippen LogP contribution in [0.4, 0.5) is 4.79 Å². The van der Waals surface area contributed by atoms with E-state index in [9.17, 15) is 13.2 Å². The van der Waals surface area contributed by atoms with Gasteiger partial charge in [0, 0.05) is 17.0 Å². The van der Waals surface area contributed by atoms with Gasteiger partial charge >= 0.3 is 6.09 Å². The Bertz CT molecular complexity index is 742. The summed E-state index contributed by atoms with van der Waals surface area (Å²) in [4.78, 5) is 13.5. The third-order valence-corrected chi connectivity index (χ3v) is 7.18. The Labute approximate surface area is 166 Å². The van der Waals surface area contributed by atoms with E-state index in [1.165, 1.54) is 0 Å². The van der Waals surface area contributed by atoms with Crippen LogP contribution >= 0.6 is 11.8 Å². The van der Waals surface area contributed by atoms with Crippen LogP contribution in [0.5, 0.6) is 0 Å². The highest BCUT2D eigenvalue weighted by molar-refractivity contribution is 7.98.